The summed E-state index contributed by atoms with van der Waals surface area (Å²) in [5.74, 6) is 0.323. The fourth-order valence-electron chi connectivity index (χ4n) is 1.60. The first-order chi connectivity index (χ1) is 7.84. The van der Waals surface area contributed by atoms with Gasteiger partial charge in [0, 0.05) is 18.9 Å². The highest BCUT2D eigenvalue weighted by molar-refractivity contribution is 5.26. The molecule has 84 valence electrons. The van der Waals surface area contributed by atoms with E-state index in [0.29, 0.717) is 5.75 Å². The van der Waals surface area contributed by atoms with Gasteiger partial charge in [0.2, 0.25) is 0 Å². The molecule has 0 fully saturated rings. The lowest BCUT2D eigenvalue weighted by Crippen LogP contribution is -2.16. The number of aromatic hydroxyl groups is 1. The molecule has 1 heterocycles. The van der Waals surface area contributed by atoms with Crippen LogP contribution in [0.4, 0.5) is 0 Å². The highest BCUT2D eigenvalue weighted by atomic mass is 16.3. The van der Waals surface area contributed by atoms with Crippen molar-refractivity contribution in [3.63, 3.8) is 0 Å². The number of H-pyrrole nitrogens is 1. The molecule has 3 nitrogen and oxygen atoms in total. The zero-order valence-corrected chi connectivity index (χ0v) is 9.11. The smallest absolute Gasteiger partial charge is 0.115 e. The topological polar surface area (TPSA) is 48.0 Å². The Kier molecular flexibility index (Phi) is 3.62. The summed E-state index contributed by atoms with van der Waals surface area (Å²) in [7, 11) is 0. The normalized spacial score (nSPS) is 10.5. The second kappa shape index (κ2) is 5.37. The number of aromatic amines is 1. The molecule has 2 rings (SSSR count). The lowest BCUT2D eigenvalue weighted by molar-refractivity contribution is 0.475. The van der Waals surface area contributed by atoms with Crippen LogP contribution in [0.2, 0.25) is 0 Å². The molecule has 0 aliphatic heterocycles. The second-order valence-electron chi connectivity index (χ2n) is 3.81. The van der Waals surface area contributed by atoms with Gasteiger partial charge < -0.3 is 15.4 Å². The van der Waals surface area contributed by atoms with Gasteiger partial charge >= 0.3 is 0 Å². The summed E-state index contributed by atoms with van der Waals surface area (Å²) in [4.78, 5) is 3.03. The Morgan fingerprint density at radius 1 is 1.06 bits per heavy atom. The van der Waals surface area contributed by atoms with Crippen molar-refractivity contribution in [3.05, 3.63) is 53.9 Å². The van der Waals surface area contributed by atoms with Crippen LogP contribution >= 0.6 is 0 Å². The average molecular weight is 216 g/mol. The van der Waals surface area contributed by atoms with Crippen molar-refractivity contribution in [2.45, 2.75) is 13.0 Å². The van der Waals surface area contributed by atoms with E-state index in [2.05, 4.69) is 16.4 Å². The van der Waals surface area contributed by atoms with Crippen LogP contribution in [0.15, 0.2) is 42.7 Å². The van der Waals surface area contributed by atoms with Crippen LogP contribution in [0.5, 0.6) is 5.75 Å². The molecular formula is C13H16N2O. The van der Waals surface area contributed by atoms with Crippen LogP contribution in [-0.2, 0) is 13.0 Å². The number of phenols is 1. The zero-order chi connectivity index (χ0) is 11.2. The first-order valence-corrected chi connectivity index (χ1v) is 5.45. The summed E-state index contributed by atoms with van der Waals surface area (Å²) < 4.78 is 0. The minimum Gasteiger partial charge on any atom is -0.508 e. The number of benzene rings is 1. The van der Waals surface area contributed by atoms with E-state index >= 15 is 0 Å². The number of hydrogen-bond acceptors (Lipinski definition) is 2. The molecule has 0 aliphatic rings. The van der Waals surface area contributed by atoms with Crippen LogP contribution < -0.4 is 5.32 Å². The molecule has 3 heteroatoms. The monoisotopic (exact) mass is 216 g/mol. The SMILES string of the molecule is Oc1ccc(CCNCc2cc[nH]c2)cc1. The predicted octanol–water partition coefficient (Wildman–Crippen LogP) is 2.05. The van der Waals surface area contributed by atoms with Gasteiger partial charge in [-0.25, -0.2) is 0 Å². The van der Waals surface area contributed by atoms with Crippen molar-refractivity contribution >= 4 is 0 Å². The first-order valence-electron chi connectivity index (χ1n) is 5.45. The zero-order valence-electron chi connectivity index (χ0n) is 9.11. The van der Waals surface area contributed by atoms with Gasteiger partial charge in [-0.05, 0) is 42.3 Å². The van der Waals surface area contributed by atoms with Crippen molar-refractivity contribution in [1.82, 2.24) is 10.3 Å². The lowest BCUT2D eigenvalue weighted by atomic mass is 10.1. The Bertz CT molecular complexity index is 406. The van der Waals surface area contributed by atoms with Gasteiger partial charge in [-0.2, -0.15) is 0 Å². The standard InChI is InChI=1S/C13H16N2O/c16-13-3-1-11(2-4-13)5-7-14-9-12-6-8-15-10-12/h1-4,6,8,10,14-16H,5,7,9H2. The molecule has 0 amide bonds. The molecule has 3 N–H and O–H groups in total. The maximum atomic E-state index is 9.13. The second-order valence-corrected chi connectivity index (χ2v) is 3.81. The molecule has 0 unspecified atom stereocenters. The Balaban J connectivity index is 1.70. The van der Waals surface area contributed by atoms with E-state index < -0.39 is 0 Å². The molecule has 0 saturated heterocycles. The van der Waals surface area contributed by atoms with E-state index in [0.717, 1.165) is 19.5 Å². The third-order valence-corrected chi connectivity index (χ3v) is 2.52. The fraction of sp³-hybridized carbons (Fsp3) is 0.231. The van der Waals surface area contributed by atoms with Gasteiger partial charge in [-0.3, -0.25) is 0 Å². The summed E-state index contributed by atoms with van der Waals surface area (Å²) >= 11 is 0. The third-order valence-electron chi connectivity index (χ3n) is 2.52. The highest BCUT2D eigenvalue weighted by Crippen LogP contribution is 2.09. The predicted molar refractivity (Wildman–Crippen MR) is 64.3 cm³/mol. The lowest BCUT2D eigenvalue weighted by Gasteiger charge is -2.03. The Morgan fingerprint density at radius 2 is 1.88 bits per heavy atom. The summed E-state index contributed by atoms with van der Waals surface area (Å²) in [6.45, 7) is 1.83. The molecule has 16 heavy (non-hydrogen) atoms. The number of hydrogen-bond donors (Lipinski definition) is 3. The maximum Gasteiger partial charge on any atom is 0.115 e. The maximum absolute atomic E-state index is 9.13. The van der Waals surface area contributed by atoms with Crippen LogP contribution in [-0.4, -0.2) is 16.6 Å². The molecule has 0 bridgehead atoms. The number of nitrogens with one attached hydrogen (secondary N) is 2. The summed E-state index contributed by atoms with van der Waals surface area (Å²) in [6, 6.07) is 9.41. The van der Waals surface area contributed by atoms with Crippen LogP contribution in [0, 0.1) is 0 Å². The molecule has 1 aromatic carbocycles. The minimum atomic E-state index is 0.323. The molecular weight excluding hydrogens is 200 g/mol. The Morgan fingerprint density at radius 3 is 2.56 bits per heavy atom. The largest absolute Gasteiger partial charge is 0.508 e. The van der Waals surface area contributed by atoms with Crippen molar-refractivity contribution in [3.8, 4) is 5.75 Å². The number of aromatic nitrogens is 1. The van der Waals surface area contributed by atoms with E-state index in [1.54, 1.807) is 12.1 Å². The van der Waals surface area contributed by atoms with E-state index in [9.17, 15) is 0 Å². The van der Waals surface area contributed by atoms with E-state index in [4.69, 9.17) is 5.11 Å². The number of rotatable bonds is 5. The molecule has 0 atom stereocenters. The third kappa shape index (κ3) is 3.14. The number of phenolic OH excluding ortho intramolecular Hbond substituents is 1. The summed E-state index contributed by atoms with van der Waals surface area (Å²) in [6.07, 6.45) is 4.90. The van der Waals surface area contributed by atoms with E-state index in [1.165, 1.54) is 11.1 Å². The Labute approximate surface area is 95.1 Å². The van der Waals surface area contributed by atoms with Crippen LogP contribution in [0.1, 0.15) is 11.1 Å². The van der Waals surface area contributed by atoms with Gasteiger partial charge in [0.1, 0.15) is 5.75 Å². The van der Waals surface area contributed by atoms with Crippen molar-refractivity contribution < 1.29 is 5.11 Å². The highest BCUT2D eigenvalue weighted by Gasteiger charge is 1.94. The van der Waals surface area contributed by atoms with Crippen molar-refractivity contribution in [2.75, 3.05) is 6.54 Å². The summed E-state index contributed by atoms with van der Waals surface area (Å²) in [5, 5.41) is 12.5. The van der Waals surface area contributed by atoms with Gasteiger partial charge in [-0.15, -0.1) is 0 Å². The quantitative estimate of drug-likeness (QED) is 0.670. The van der Waals surface area contributed by atoms with Crippen molar-refractivity contribution in [2.24, 2.45) is 0 Å². The van der Waals surface area contributed by atoms with Crippen LogP contribution in [0.3, 0.4) is 0 Å². The van der Waals surface area contributed by atoms with E-state index in [-0.39, 0.29) is 0 Å². The van der Waals surface area contributed by atoms with Gasteiger partial charge in [-0.1, -0.05) is 12.1 Å². The van der Waals surface area contributed by atoms with Gasteiger partial charge in [0.05, 0.1) is 0 Å². The molecule has 2 aromatic rings. The molecule has 0 radical (unpaired) electrons. The first kappa shape index (κ1) is 10.8. The molecule has 0 spiro atoms. The summed E-state index contributed by atoms with van der Waals surface area (Å²) in [5.41, 5.74) is 2.50. The average Bonchev–Trinajstić information content (AvgIpc) is 2.80. The van der Waals surface area contributed by atoms with Crippen molar-refractivity contribution in [1.29, 1.82) is 0 Å². The van der Waals surface area contributed by atoms with Gasteiger partial charge in [0.15, 0.2) is 0 Å². The van der Waals surface area contributed by atoms with Crippen LogP contribution in [0.25, 0.3) is 0 Å². The van der Waals surface area contributed by atoms with E-state index in [1.807, 2.05) is 24.5 Å². The fourth-order valence-corrected chi connectivity index (χ4v) is 1.60. The van der Waals surface area contributed by atoms with Gasteiger partial charge in [0.25, 0.3) is 0 Å². The minimum absolute atomic E-state index is 0.323. The molecule has 0 saturated carbocycles. The Hall–Kier alpha value is -1.74. The molecule has 1 aromatic heterocycles. The molecule has 0 aliphatic carbocycles.